The van der Waals surface area contributed by atoms with Crippen LogP contribution in [-0.2, 0) is 23.0 Å². The SMILES string of the molecule is COc1ccccc1CNc1nc(-c2ccc3c(c2)CCCN3S(C)(=O)=O)cs1. The lowest BCUT2D eigenvalue weighted by Crippen LogP contribution is -2.34. The van der Waals surface area contributed by atoms with E-state index in [0.717, 1.165) is 51.8 Å². The van der Waals surface area contributed by atoms with Gasteiger partial charge in [-0.05, 0) is 36.6 Å². The number of aromatic nitrogens is 1. The van der Waals surface area contributed by atoms with E-state index in [-0.39, 0.29) is 0 Å². The number of hydrogen-bond acceptors (Lipinski definition) is 6. The fourth-order valence-corrected chi connectivity index (χ4v) is 5.29. The Hall–Kier alpha value is -2.58. The van der Waals surface area contributed by atoms with Crippen LogP contribution < -0.4 is 14.4 Å². The van der Waals surface area contributed by atoms with Gasteiger partial charge in [-0.1, -0.05) is 24.3 Å². The van der Waals surface area contributed by atoms with E-state index in [1.807, 2.05) is 41.8 Å². The topological polar surface area (TPSA) is 71.5 Å². The van der Waals surface area contributed by atoms with E-state index in [2.05, 4.69) is 11.4 Å². The van der Waals surface area contributed by atoms with Gasteiger partial charge in [0, 0.05) is 29.6 Å². The zero-order chi connectivity index (χ0) is 20.4. The van der Waals surface area contributed by atoms with Crippen LogP contribution in [-0.4, -0.2) is 33.3 Å². The Balaban J connectivity index is 1.53. The fraction of sp³-hybridized carbons (Fsp3) is 0.286. The summed E-state index contributed by atoms with van der Waals surface area (Å²) >= 11 is 1.55. The number of para-hydroxylation sites is 1. The predicted octanol–water partition coefficient (Wildman–Crippen LogP) is 4.14. The van der Waals surface area contributed by atoms with Gasteiger partial charge in [-0.3, -0.25) is 4.31 Å². The summed E-state index contributed by atoms with van der Waals surface area (Å²) in [6.07, 6.45) is 2.96. The van der Waals surface area contributed by atoms with Gasteiger partial charge in [0.1, 0.15) is 5.75 Å². The minimum Gasteiger partial charge on any atom is -0.496 e. The Morgan fingerprint density at radius 1 is 1.24 bits per heavy atom. The maximum Gasteiger partial charge on any atom is 0.232 e. The number of thiazole rings is 1. The van der Waals surface area contributed by atoms with E-state index < -0.39 is 10.0 Å². The monoisotopic (exact) mass is 429 g/mol. The highest BCUT2D eigenvalue weighted by Gasteiger charge is 2.24. The number of methoxy groups -OCH3 is 1. The third kappa shape index (κ3) is 4.23. The Kier molecular flexibility index (Phi) is 5.47. The van der Waals surface area contributed by atoms with E-state index in [4.69, 9.17) is 9.72 Å². The van der Waals surface area contributed by atoms with Gasteiger partial charge in [0.15, 0.2) is 5.13 Å². The number of nitrogens with one attached hydrogen (secondary N) is 1. The van der Waals surface area contributed by atoms with Crippen LogP contribution >= 0.6 is 11.3 Å². The Labute approximate surface area is 175 Å². The first kappa shape index (κ1) is 19.7. The van der Waals surface area contributed by atoms with Crippen LogP contribution in [0.3, 0.4) is 0 Å². The average Bonchev–Trinajstić information content (AvgIpc) is 3.20. The van der Waals surface area contributed by atoms with Crippen LogP contribution in [0.1, 0.15) is 17.5 Å². The molecule has 0 atom stereocenters. The molecule has 0 unspecified atom stereocenters. The molecule has 0 saturated carbocycles. The van der Waals surface area contributed by atoms with Crippen molar-refractivity contribution in [2.45, 2.75) is 19.4 Å². The molecule has 0 aliphatic carbocycles. The predicted molar refractivity (Wildman–Crippen MR) is 118 cm³/mol. The maximum atomic E-state index is 12.0. The highest BCUT2D eigenvalue weighted by atomic mass is 32.2. The van der Waals surface area contributed by atoms with Crippen molar-refractivity contribution in [3.63, 3.8) is 0 Å². The third-order valence-electron chi connectivity index (χ3n) is 4.98. The molecule has 1 N–H and O–H groups in total. The molecule has 6 nitrogen and oxygen atoms in total. The van der Waals surface area contributed by atoms with Gasteiger partial charge in [0.05, 0.1) is 24.7 Å². The first-order valence-electron chi connectivity index (χ1n) is 9.38. The van der Waals surface area contributed by atoms with Crippen molar-refractivity contribution in [3.8, 4) is 17.0 Å². The standard InChI is InChI=1S/C21H23N3O3S2/c1-27-20-8-4-3-6-17(20)13-22-21-23-18(14-28-21)15-9-10-19-16(12-15)7-5-11-24(19)29(2,25)26/h3-4,6,8-10,12,14H,5,7,11,13H2,1-2H3,(H,22,23). The van der Waals surface area contributed by atoms with E-state index >= 15 is 0 Å². The number of aryl methyl sites for hydroxylation is 1. The van der Waals surface area contributed by atoms with E-state index in [1.54, 1.807) is 18.4 Å². The van der Waals surface area contributed by atoms with E-state index in [1.165, 1.54) is 10.6 Å². The molecule has 1 aliphatic heterocycles. The van der Waals surface area contributed by atoms with Crippen molar-refractivity contribution >= 4 is 32.2 Å². The third-order valence-corrected chi connectivity index (χ3v) is 6.96. The van der Waals surface area contributed by atoms with E-state index in [9.17, 15) is 8.42 Å². The summed E-state index contributed by atoms with van der Waals surface area (Å²) in [5.41, 5.74) is 4.79. The minimum atomic E-state index is -3.25. The van der Waals surface area contributed by atoms with Crippen LogP contribution in [0, 0.1) is 0 Å². The van der Waals surface area contributed by atoms with Crippen LogP contribution in [0.15, 0.2) is 47.8 Å². The lowest BCUT2D eigenvalue weighted by Gasteiger charge is -2.29. The molecular weight excluding hydrogens is 406 g/mol. The maximum absolute atomic E-state index is 12.0. The number of anilines is 2. The molecule has 0 amide bonds. The molecule has 4 rings (SSSR count). The lowest BCUT2D eigenvalue weighted by atomic mass is 10.00. The van der Waals surface area contributed by atoms with Gasteiger partial charge in [0.2, 0.25) is 10.0 Å². The van der Waals surface area contributed by atoms with Gasteiger partial charge in [-0.25, -0.2) is 13.4 Å². The summed E-state index contributed by atoms with van der Waals surface area (Å²) in [5.74, 6) is 0.849. The van der Waals surface area contributed by atoms with Crippen molar-refractivity contribution in [2.75, 3.05) is 29.5 Å². The van der Waals surface area contributed by atoms with Crippen LogP contribution in [0.5, 0.6) is 5.75 Å². The van der Waals surface area contributed by atoms with Gasteiger partial charge in [-0.2, -0.15) is 0 Å². The Morgan fingerprint density at radius 2 is 2.07 bits per heavy atom. The molecule has 1 aliphatic rings. The largest absolute Gasteiger partial charge is 0.496 e. The summed E-state index contributed by atoms with van der Waals surface area (Å²) in [6.45, 7) is 1.17. The average molecular weight is 430 g/mol. The first-order valence-corrected chi connectivity index (χ1v) is 12.1. The molecule has 8 heteroatoms. The van der Waals surface area contributed by atoms with Gasteiger partial charge in [-0.15, -0.1) is 11.3 Å². The molecule has 0 bridgehead atoms. The quantitative estimate of drug-likeness (QED) is 0.638. The number of fused-ring (bicyclic) bond motifs is 1. The molecule has 0 radical (unpaired) electrons. The smallest absolute Gasteiger partial charge is 0.232 e. The van der Waals surface area contributed by atoms with Crippen molar-refractivity contribution in [1.29, 1.82) is 0 Å². The summed E-state index contributed by atoms with van der Waals surface area (Å²) in [5, 5.41) is 6.21. The van der Waals surface area contributed by atoms with Crippen LogP contribution in [0.25, 0.3) is 11.3 Å². The highest BCUT2D eigenvalue weighted by Crippen LogP contribution is 2.34. The summed E-state index contributed by atoms with van der Waals surface area (Å²) in [6, 6.07) is 13.8. The molecule has 0 spiro atoms. The molecule has 2 heterocycles. The number of benzene rings is 2. The Bertz CT molecular complexity index is 1130. The zero-order valence-corrected chi connectivity index (χ0v) is 18.0. The molecule has 29 heavy (non-hydrogen) atoms. The van der Waals surface area contributed by atoms with Crippen molar-refractivity contribution in [2.24, 2.45) is 0 Å². The van der Waals surface area contributed by atoms with Crippen molar-refractivity contribution in [1.82, 2.24) is 4.98 Å². The summed E-state index contributed by atoms with van der Waals surface area (Å²) < 4.78 is 31.0. The van der Waals surface area contributed by atoms with Gasteiger partial charge in [0.25, 0.3) is 0 Å². The summed E-state index contributed by atoms with van der Waals surface area (Å²) in [7, 11) is -1.58. The van der Waals surface area contributed by atoms with Crippen molar-refractivity contribution < 1.29 is 13.2 Å². The molecule has 152 valence electrons. The van der Waals surface area contributed by atoms with E-state index in [0.29, 0.717) is 13.1 Å². The number of sulfonamides is 1. The van der Waals surface area contributed by atoms with Gasteiger partial charge < -0.3 is 10.1 Å². The van der Waals surface area contributed by atoms with Crippen LogP contribution in [0.4, 0.5) is 10.8 Å². The molecule has 1 aromatic heterocycles. The molecule has 3 aromatic rings. The number of nitrogens with zero attached hydrogens (tertiary/aromatic N) is 2. The molecular formula is C21H23N3O3S2. The highest BCUT2D eigenvalue weighted by molar-refractivity contribution is 7.92. The number of hydrogen-bond donors (Lipinski definition) is 1. The second kappa shape index (κ2) is 8.04. The second-order valence-corrected chi connectivity index (χ2v) is 9.75. The Morgan fingerprint density at radius 3 is 2.86 bits per heavy atom. The minimum absolute atomic E-state index is 0.541. The normalized spacial score (nSPS) is 13.8. The first-order chi connectivity index (χ1) is 14.0. The fourth-order valence-electron chi connectivity index (χ4n) is 3.57. The van der Waals surface area contributed by atoms with Gasteiger partial charge >= 0.3 is 0 Å². The molecule has 0 saturated heterocycles. The molecule has 0 fully saturated rings. The lowest BCUT2D eigenvalue weighted by molar-refractivity contribution is 0.410. The summed E-state index contributed by atoms with van der Waals surface area (Å²) in [4.78, 5) is 4.70. The number of ether oxygens (including phenoxy) is 1. The second-order valence-electron chi connectivity index (χ2n) is 6.99. The van der Waals surface area contributed by atoms with Crippen LogP contribution in [0.2, 0.25) is 0 Å². The molecule has 2 aromatic carbocycles. The number of rotatable bonds is 6. The zero-order valence-electron chi connectivity index (χ0n) is 16.4. The van der Waals surface area contributed by atoms with Crippen molar-refractivity contribution in [3.05, 3.63) is 59.0 Å².